The summed E-state index contributed by atoms with van der Waals surface area (Å²) in [4.78, 5) is 16.9. The molecule has 0 aliphatic carbocycles. The number of aromatic nitrogens is 1. The molecule has 0 aliphatic rings. The zero-order valence-electron chi connectivity index (χ0n) is 13.7. The van der Waals surface area contributed by atoms with Crippen LogP contribution in [0.5, 0.6) is 5.75 Å². The molecule has 1 amide bonds. The summed E-state index contributed by atoms with van der Waals surface area (Å²) in [6.45, 7) is 0.172. The lowest BCUT2D eigenvalue weighted by Gasteiger charge is -2.05. The summed E-state index contributed by atoms with van der Waals surface area (Å²) < 4.78 is 31.8. The fourth-order valence-corrected chi connectivity index (χ4v) is 3.10. The summed E-state index contributed by atoms with van der Waals surface area (Å²) in [5, 5.41) is 3.15. The van der Waals surface area contributed by atoms with Gasteiger partial charge in [0.15, 0.2) is 5.13 Å². The highest BCUT2D eigenvalue weighted by atomic mass is 32.1. The smallest absolute Gasteiger partial charge is 0.229 e. The van der Waals surface area contributed by atoms with E-state index in [1.165, 1.54) is 41.7 Å². The van der Waals surface area contributed by atoms with Gasteiger partial charge in [-0.25, -0.2) is 13.8 Å². The van der Waals surface area contributed by atoms with Gasteiger partial charge in [-0.05, 0) is 35.9 Å². The predicted molar refractivity (Wildman–Crippen MR) is 96.5 cm³/mol. The Bertz CT molecular complexity index is 881. The van der Waals surface area contributed by atoms with Gasteiger partial charge in [0.2, 0.25) is 5.91 Å². The molecule has 4 nitrogen and oxygen atoms in total. The van der Waals surface area contributed by atoms with Gasteiger partial charge in [-0.1, -0.05) is 18.2 Å². The number of ether oxygens (including phenoxy) is 1. The topological polar surface area (TPSA) is 51.2 Å². The number of nitrogens with zero attached hydrogens (tertiary/aromatic N) is 1. The van der Waals surface area contributed by atoms with Crippen LogP contribution in [0.4, 0.5) is 13.9 Å². The Kier molecular flexibility index (Phi) is 5.91. The van der Waals surface area contributed by atoms with Crippen LogP contribution in [0.3, 0.4) is 0 Å². The van der Waals surface area contributed by atoms with Gasteiger partial charge in [0, 0.05) is 17.5 Å². The highest BCUT2D eigenvalue weighted by molar-refractivity contribution is 7.15. The second-order valence-electron chi connectivity index (χ2n) is 5.50. The van der Waals surface area contributed by atoms with E-state index in [0.717, 1.165) is 4.88 Å². The van der Waals surface area contributed by atoms with E-state index in [4.69, 9.17) is 4.74 Å². The number of hydrogen-bond acceptors (Lipinski definition) is 4. The van der Waals surface area contributed by atoms with Crippen LogP contribution in [0.25, 0.3) is 0 Å². The molecule has 0 bridgehead atoms. The largest absolute Gasteiger partial charge is 0.493 e. The van der Waals surface area contributed by atoms with Crippen molar-refractivity contribution in [1.82, 2.24) is 4.98 Å². The van der Waals surface area contributed by atoms with Crippen molar-refractivity contribution in [3.8, 4) is 5.75 Å². The van der Waals surface area contributed by atoms with Crippen molar-refractivity contribution >= 4 is 22.4 Å². The van der Waals surface area contributed by atoms with Crippen LogP contribution in [-0.2, 0) is 11.2 Å². The first-order chi connectivity index (χ1) is 12.6. The molecule has 1 aromatic heterocycles. The molecule has 0 aliphatic heterocycles. The number of anilines is 1. The summed E-state index contributed by atoms with van der Waals surface area (Å²) in [6, 6.07) is 12.2. The first kappa shape index (κ1) is 18.0. The van der Waals surface area contributed by atoms with Crippen LogP contribution < -0.4 is 10.1 Å². The fraction of sp³-hybridized carbons (Fsp3) is 0.158. The Labute approximate surface area is 153 Å². The van der Waals surface area contributed by atoms with Crippen molar-refractivity contribution in [1.29, 1.82) is 0 Å². The number of nitrogens with one attached hydrogen (secondary N) is 1. The summed E-state index contributed by atoms with van der Waals surface area (Å²) in [7, 11) is 0. The zero-order valence-corrected chi connectivity index (χ0v) is 14.6. The molecule has 7 heteroatoms. The van der Waals surface area contributed by atoms with Crippen LogP contribution in [0.2, 0.25) is 0 Å². The third-order valence-electron chi connectivity index (χ3n) is 3.53. The quantitative estimate of drug-likeness (QED) is 0.666. The van der Waals surface area contributed by atoms with Crippen LogP contribution in [0.15, 0.2) is 54.7 Å². The van der Waals surface area contributed by atoms with E-state index < -0.39 is 0 Å². The molecule has 134 valence electrons. The molecule has 0 radical (unpaired) electrons. The molecule has 0 saturated heterocycles. The van der Waals surface area contributed by atoms with Crippen LogP contribution in [0, 0.1) is 11.6 Å². The van der Waals surface area contributed by atoms with E-state index in [1.807, 2.05) is 0 Å². The first-order valence-corrected chi connectivity index (χ1v) is 8.78. The number of halogens is 2. The van der Waals surface area contributed by atoms with Gasteiger partial charge >= 0.3 is 0 Å². The van der Waals surface area contributed by atoms with Crippen molar-refractivity contribution < 1.29 is 18.3 Å². The summed E-state index contributed by atoms with van der Waals surface area (Å²) in [5.74, 6) is -0.339. The predicted octanol–water partition coefficient (Wildman–Crippen LogP) is 4.42. The van der Waals surface area contributed by atoms with Gasteiger partial charge in [0.1, 0.15) is 17.4 Å². The number of carbonyl (C=O) groups excluding carboxylic acids is 1. The van der Waals surface area contributed by atoms with Gasteiger partial charge in [0.25, 0.3) is 0 Å². The molecule has 3 rings (SSSR count). The molecule has 1 N–H and O–H groups in total. The van der Waals surface area contributed by atoms with Crippen LogP contribution in [0.1, 0.15) is 16.9 Å². The van der Waals surface area contributed by atoms with E-state index in [9.17, 15) is 13.6 Å². The number of amides is 1. The second kappa shape index (κ2) is 8.53. The minimum atomic E-state index is -0.343. The van der Waals surface area contributed by atoms with E-state index in [-0.39, 0.29) is 30.6 Å². The molecule has 2 aromatic carbocycles. The third kappa shape index (κ3) is 5.10. The molecule has 3 aromatic rings. The Morgan fingerprint density at radius 2 is 1.88 bits per heavy atom. The minimum Gasteiger partial charge on any atom is -0.493 e. The number of thiazole rings is 1. The molecule has 1 heterocycles. The molecular weight excluding hydrogens is 358 g/mol. The van der Waals surface area contributed by atoms with E-state index in [1.54, 1.807) is 24.4 Å². The number of carbonyl (C=O) groups is 1. The van der Waals surface area contributed by atoms with Gasteiger partial charge in [-0.3, -0.25) is 4.79 Å². The molecule has 0 atom stereocenters. The Morgan fingerprint density at radius 3 is 2.65 bits per heavy atom. The van der Waals surface area contributed by atoms with E-state index in [2.05, 4.69) is 10.3 Å². The summed E-state index contributed by atoms with van der Waals surface area (Å²) in [6.07, 6.45) is 2.19. The van der Waals surface area contributed by atoms with Crippen molar-refractivity contribution in [3.05, 3.63) is 76.8 Å². The maximum absolute atomic E-state index is 13.7. The molecule has 0 fully saturated rings. The highest BCUT2D eigenvalue weighted by Crippen LogP contribution is 2.22. The van der Waals surface area contributed by atoms with Gasteiger partial charge in [-0.2, -0.15) is 0 Å². The molecule has 26 heavy (non-hydrogen) atoms. The van der Waals surface area contributed by atoms with Crippen molar-refractivity contribution in [2.24, 2.45) is 0 Å². The standard InChI is InChI=1S/C19H16F2N2O2S/c20-14-5-7-15(8-6-14)25-10-9-18(24)23-19-22-12-16(26-19)11-13-3-1-2-4-17(13)21/h1-8,12H,9-11H2,(H,22,23,24). The highest BCUT2D eigenvalue weighted by Gasteiger charge is 2.09. The minimum absolute atomic E-state index is 0.138. The lowest BCUT2D eigenvalue weighted by molar-refractivity contribution is -0.116. The maximum atomic E-state index is 13.7. The third-order valence-corrected chi connectivity index (χ3v) is 4.45. The number of hydrogen-bond donors (Lipinski definition) is 1. The van der Waals surface area contributed by atoms with E-state index >= 15 is 0 Å². The van der Waals surface area contributed by atoms with Crippen molar-refractivity contribution in [2.45, 2.75) is 12.8 Å². The number of rotatable bonds is 7. The first-order valence-electron chi connectivity index (χ1n) is 7.96. The Morgan fingerprint density at radius 1 is 1.12 bits per heavy atom. The fourth-order valence-electron chi connectivity index (χ4n) is 2.25. The zero-order chi connectivity index (χ0) is 18.4. The van der Waals surface area contributed by atoms with Crippen molar-refractivity contribution in [2.75, 3.05) is 11.9 Å². The Balaban J connectivity index is 1.47. The summed E-state index contributed by atoms with van der Waals surface area (Å²) >= 11 is 1.30. The van der Waals surface area contributed by atoms with Gasteiger partial charge in [-0.15, -0.1) is 11.3 Å². The molecular formula is C19H16F2N2O2S. The summed E-state index contributed by atoms with van der Waals surface area (Å²) in [5.41, 5.74) is 0.585. The van der Waals surface area contributed by atoms with Gasteiger partial charge < -0.3 is 10.1 Å². The van der Waals surface area contributed by atoms with Gasteiger partial charge in [0.05, 0.1) is 13.0 Å². The van der Waals surface area contributed by atoms with Crippen molar-refractivity contribution in [3.63, 3.8) is 0 Å². The SMILES string of the molecule is O=C(CCOc1ccc(F)cc1)Nc1ncc(Cc2ccccc2F)s1. The number of benzene rings is 2. The average molecular weight is 374 g/mol. The van der Waals surface area contributed by atoms with Crippen LogP contribution in [-0.4, -0.2) is 17.5 Å². The molecule has 0 spiro atoms. The Hall–Kier alpha value is -2.80. The lowest BCUT2D eigenvalue weighted by atomic mass is 10.1. The molecule has 0 unspecified atom stereocenters. The maximum Gasteiger partial charge on any atom is 0.229 e. The molecule has 0 saturated carbocycles. The lowest BCUT2D eigenvalue weighted by Crippen LogP contribution is -2.14. The second-order valence-corrected chi connectivity index (χ2v) is 6.62. The van der Waals surface area contributed by atoms with E-state index in [0.29, 0.717) is 22.9 Å². The monoisotopic (exact) mass is 374 g/mol. The normalized spacial score (nSPS) is 10.5. The van der Waals surface area contributed by atoms with Crippen LogP contribution >= 0.6 is 11.3 Å². The average Bonchev–Trinajstić information content (AvgIpc) is 3.05.